The first-order chi connectivity index (χ1) is 12.1. The molecule has 3 heterocycles. The maximum atomic E-state index is 12.4. The van der Waals surface area contributed by atoms with Gasteiger partial charge in [0.15, 0.2) is 5.16 Å². The molecule has 0 saturated heterocycles. The Morgan fingerprint density at radius 2 is 2.08 bits per heavy atom. The van der Waals surface area contributed by atoms with Crippen molar-refractivity contribution >= 4 is 54.5 Å². The summed E-state index contributed by atoms with van der Waals surface area (Å²) in [5.74, 6) is 2.25. The zero-order valence-corrected chi connectivity index (χ0v) is 17.2. The Hall–Kier alpha value is -1.19. The fraction of sp³-hybridized carbons (Fsp3) is 0.375. The van der Waals surface area contributed by atoms with Gasteiger partial charge in [0, 0.05) is 21.9 Å². The van der Waals surface area contributed by atoms with Crippen molar-refractivity contribution in [2.45, 2.75) is 43.1 Å². The fourth-order valence-electron chi connectivity index (χ4n) is 2.98. The van der Waals surface area contributed by atoms with Crippen LogP contribution in [0.4, 0.5) is 0 Å². The second-order valence-corrected chi connectivity index (χ2v) is 8.66. The largest absolute Gasteiger partial charge is 0.309 e. The van der Waals surface area contributed by atoms with Crippen molar-refractivity contribution in [3.05, 3.63) is 43.1 Å². The van der Waals surface area contributed by atoms with Gasteiger partial charge in [-0.3, -0.25) is 4.79 Å². The number of H-pyrrole nitrogens is 1. The molecule has 0 spiro atoms. The standard InChI is InChI=1S/C16H15Br2N5OS/c17-9-6-10-14(11(18)7-9)19-12(20-15(10)24)8-25-16-22-21-13-4-2-1-3-5-23(13)16/h6-7H,1-5,8H2,(H,19,20,24). The second-order valence-electron chi connectivity index (χ2n) is 5.95. The number of hydrogen-bond acceptors (Lipinski definition) is 5. The molecule has 0 radical (unpaired) electrons. The highest BCUT2D eigenvalue weighted by atomic mass is 79.9. The average Bonchev–Trinajstić information content (AvgIpc) is 2.81. The van der Waals surface area contributed by atoms with E-state index in [1.165, 1.54) is 12.8 Å². The van der Waals surface area contributed by atoms with E-state index in [0.29, 0.717) is 22.5 Å². The van der Waals surface area contributed by atoms with Gasteiger partial charge in [0.25, 0.3) is 5.56 Å². The summed E-state index contributed by atoms with van der Waals surface area (Å²) in [6.07, 6.45) is 4.55. The smallest absolute Gasteiger partial charge is 0.258 e. The van der Waals surface area contributed by atoms with E-state index >= 15 is 0 Å². The summed E-state index contributed by atoms with van der Waals surface area (Å²) in [5.41, 5.74) is 0.533. The second kappa shape index (κ2) is 7.20. The lowest BCUT2D eigenvalue weighted by Gasteiger charge is -2.07. The summed E-state index contributed by atoms with van der Waals surface area (Å²) in [6.45, 7) is 0.964. The van der Waals surface area contributed by atoms with E-state index in [-0.39, 0.29) is 5.56 Å². The minimum absolute atomic E-state index is 0.136. The molecule has 25 heavy (non-hydrogen) atoms. The first kappa shape index (κ1) is 17.2. The first-order valence-corrected chi connectivity index (χ1v) is 10.6. The number of hydrogen-bond donors (Lipinski definition) is 1. The van der Waals surface area contributed by atoms with Crippen LogP contribution in [0, 0.1) is 0 Å². The van der Waals surface area contributed by atoms with Gasteiger partial charge in [-0.25, -0.2) is 4.98 Å². The molecular formula is C16H15Br2N5OS. The summed E-state index contributed by atoms with van der Waals surface area (Å²) in [6, 6.07) is 3.67. The molecule has 0 saturated carbocycles. The monoisotopic (exact) mass is 483 g/mol. The van der Waals surface area contributed by atoms with E-state index in [1.54, 1.807) is 17.8 Å². The Balaban J connectivity index is 1.62. The summed E-state index contributed by atoms with van der Waals surface area (Å²) in [4.78, 5) is 19.8. The van der Waals surface area contributed by atoms with Crippen LogP contribution in [0.2, 0.25) is 0 Å². The Morgan fingerprint density at radius 1 is 1.20 bits per heavy atom. The highest BCUT2D eigenvalue weighted by molar-refractivity contribution is 9.11. The number of aromatic nitrogens is 5. The van der Waals surface area contributed by atoms with Crippen LogP contribution in [0.3, 0.4) is 0 Å². The van der Waals surface area contributed by atoms with Crippen molar-refractivity contribution in [2.24, 2.45) is 0 Å². The lowest BCUT2D eigenvalue weighted by molar-refractivity contribution is 0.591. The molecule has 1 N–H and O–H groups in total. The maximum Gasteiger partial charge on any atom is 0.258 e. The zero-order chi connectivity index (χ0) is 17.4. The number of nitrogens with one attached hydrogen (secondary N) is 1. The molecule has 6 nitrogen and oxygen atoms in total. The fourth-order valence-corrected chi connectivity index (χ4v) is 5.15. The van der Waals surface area contributed by atoms with Crippen molar-refractivity contribution in [2.75, 3.05) is 0 Å². The molecule has 130 valence electrons. The molecule has 0 unspecified atom stereocenters. The van der Waals surface area contributed by atoms with Crippen molar-refractivity contribution in [1.82, 2.24) is 24.7 Å². The van der Waals surface area contributed by atoms with Gasteiger partial charge < -0.3 is 9.55 Å². The lowest BCUT2D eigenvalue weighted by Crippen LogP contribution is -2.12. The molecule has 1 aliphatic rings. The van der Waals surface area contributed by atoms with Gasteiger partial charge in [0.2, 0.25) is 0 Å². The molecule has 0 amide bonds. The SMILES string of the molecule is O=c1[nH]c(CSc2nnc3n2CCCCC3)nc2c(Br)cc(Br)cc12. The molecular weight excluding hydrogens is 470 g/mol. The van der Waals surface area contributed by atoms with Crippen LogP contribution in [0.25, 0.3) is 10.9 Å². The molecule has 3 aromatic rings. The van der Waals surface area contributed by atoms with Crippen LogP contribution in [-0.4, -0.2) is 24.7 Å². The van der Waals surface area contributed by atoms with Crippen LogP contribution in [0.15, 0.2) is 31.0 Å². The van der Waals surface area contributed by atoms with Gasteiger partial charge in [-0.05, 0) is 40.9 Å². The predicted octanol–water partition coefficient (Wildman–Crippen LogP) is 4.06. The van der Waals surface area contributed by atoms with Crippen LogP contribution >= 0.6 is 43.6 Å². The molecule has 1 aromatic carbocycles. The summed E-state index contributed by atoms with van der Waals surface area (Å²) < 4.78 is 3.84. The van der Waals surface area contributed by atoms with E-state index in [2.05, 4.69) is 56.6 Å². The third-order valence-corrected chi connectivity index (χ3v) is 6.23. The zero-order valence-electron chi connectivity index (χ0n) is 13.3. The van der Waals surface area contributed by atoms with E-state index in [9.17, 15) is 4.79 Å². The quantitative estimate of drug-likeness (QED) is 0.567. The molecule has 0 fully saturated rings. The number of benzene rings is 1. The van der Waals surface area contributed by atoms with Gasteiger partial charge in [-0.1, -0.05) is 34.1 Å². The Kier molecular flexibility index (Phi) is 4.97. The number of aromatic amines is 1. The number of halogens is 2. The van der Waals surface area contributed by atoms with E-state index in [1.807, 2.05) is 6.07 Å². The first-order valence-electron chi connectivity index (χ1n) is 8.04. The predicted molar refractivity (Wildman–Crippen MR) is 105 cm³/mol. The molecule has 1 aliphatic heterocycles. The Bertz CT molecular complexity index is 1000. The third kappa shape index (κ3) is 3.54. The minimum atomic E-state index is -0.136. The molecule has 0 bridgehead atoms. The summed E-state index contributed by atoms with van der Waals surface area (Å²) in [7, 11) is 0. The Labute approximate surface area is 165 Å². The number of thioether (sulfide) groups is 1. The highest BCUT2D eigenvalue weighted by Crippen LogP contribution is 2.27. The Morgan fingerprint density at radius 3 is 2.96 bits per heavy atom. The van der Waals surface area contributed by atoms with Crippen molar-refractivity contribution in [3.63, 3.8) is 0 Å². The van der Waals surface area contributed by atoms with Crippen LogP contribution < -0.4 is 5.56 Å². The lowest BCUT2D eigenvalue weighted by atomic mass is 10.2. The molecule has 4 rings (SSSR count). The maximum absolute atomic E-state index is 12.4. The number of nitrogens with zero attached hydrogens (tertiary/aromatic N) is 4. The van der Waals surface area contributed by atoms with E-state index < -0.39 is 0 Å². The average molecular weight is 485 g/mol. The van der Waals surface area contributed by atoms with Gasteiger partial charge >= 0.3 is 0 Å². The van der Waals surface area contributed by atoms with Crippen molar-refractivity contribution in [1.29, 1.82) is 0 Å². The summed E-state index contributed by atoms with van der Waals surface area (Å²) in [5, 5.41) is 10.1. The number of aryl methyl sites for hydroxylation is 1. The highest BCUT2D eigenvalue weighted by Gasteiger charge is 2.16. The van der Waals surface area contributed by atoms with Gasteiger partial charge in [-0.15, -0.1) is 10.2 Å². The van der Waals surface area contributed by atoms with Crippen LogP contribution in [0.1, 0.15) is 30.9 Å². The summed E-state index contributed by atoms with van der Waals surface area (Å²) >= 11 is 8.45. The molecule has 2 aromatic heterocycles. The van der Waals surface area contributed by atoms with E-state index in [0.717, 1.165) is 39.3 Å². The van der Waals surface area contributed by atoms with Gasteiger partial charge in [-0.2, -0.15) is 0 Å². The number of fused-ring (bicyclic) bond motifs is 2. The van der Waals surface area contributed by atoms with Crippen LogP contribution in [0.5, 0.6) is 0 Å². The van der Waals surface area contributed by atoms with Gasteiger partial charge in [0.05, 0.1) is 16.7 Å². The molecule has 0 atom stereocenters. The van der Waals surface area contributed by atoms with E-state index in [4.69, 9.17) is 0 Å². The van der Waals surface area contributed by atoms with Crippen molar-refractivity contribution < 1.29 is 0 Å². The topological polar surface area (TPSA) is 76.5 Å². The number of rotatable bonds is 3. The van der Waals surface area contributed by atoms with Crippen LogP contribution in [-0.2, 0) is 18.7 Å². The normalized spacial score (nSPS) is 14.5. The van der Waals surface area contributed by atoms with Crippen molar-refractivity contribution in [3.8, 4) is 0 Å². The van der Waals surface area contributed by atoms with Gasteiger partial charge in [0.1, 0.15) is 11.6 Å². The molecule has 9 heteroatoms. The minimum Gasteiger partial charge on any atom is -0.309 e. The third-order valence-electron chi connectivity index (χ3n) is 4.19. The molecule has 0 aliphatic carbocycles.